The Balaban J connectivity index is 0.00000180. The molecule has 0 aliphatic rings. The highest BCUT2D eigenvalue weighted by Gasteiger charge is 2.02. The molecule has 0 saturated carbocycles. The second-order valence-electron chi connectivity index (χ2n) is 3.66. The summed E-state index contributed by atoms with van der Waals surface area (Å²) in [6, 6.07) is 7.29. The van der Waals surface area contributed by atoms with E-state index < -0.39 is 0 Å². The van der Waals surface area contributed by atoms with E-state index in [1.807, 2.05) is 12.1 Å². The van der Waals surface area contributed by atoms with Crippen LogP contribution < -0.4 is 10.5 Å². The molecule has 0 aliphatic carbocycles. The summed E-state index contributed by atoms with van der Waals surface area (Å²) in [6.45, 7) is 0.295. The normalized spacial score (nSPS) is 10.9. The molecule has 0 atom stereocenters. The molecule has 1 aromatic carbocycles. The number of hydrogen-bond acceptors (Lipinski definition) is 4. The van der Waals surface area contributed by atoms with Crippen LogP contribution >= 0.6 is 12.4 Å². The summed E-state index contributed by atoms with van der Waals surface area (Å²) in [5.41, 5.74) is 7.43. The third-order valence-electron chi connectivity index (χ3n) is 2.42. The lowest BCUT2D eigenvalue weighted by Crippen LogP contribution is -2.10. The quantitative estimate of drug-likeness (QED) is 0.917. The van der Waals surface area contributed by atoms with Gasteiger partial charge in [0.1, 0.15) is 24.3 Å². The predicted octanol–water partition coefficient (Wildman–Crippen LogP) is 2.95. The van der Waals surface area contributed by atoms with E-state index in [4.69, 9.17) is 14.9 Å². The number of nitrogens with zero attached hydrogens (tertiary/aromatic N) is 1. The Morgan fingerprint density at radius 2 is 2.11 bits per heavy atom. The van der Waals surface area contributed by atoms with E-state index in [9.17, 15) is 4.39 Å². The van der Waals surface area contributed by atoms with Crippen LogP contribution in [0, 0.1) is 0 Å². The molecular formula is C13H14ClFN2O2. The molecule has 0 spiro atoms. The van der Waals surface area contributed by atoms with Gasteiger partial charge in [-0.2, -0.15) is 0 Å². The lowest BCUT2D eigenvalue weighted by Gasteiger charge is -2.07. The highest BCUT2D eigenvalue weighted by atomic mass is 35.5. The number of halogens is 2. The van der Waals surface area contributed by atoms with Crippen LogP contribution in [0.2, 0.25) is 0 Å². The van der Waals surface area contributed by atoms with Gasteiger partial charge in [0.25, 0.3) is 0 Å². The number of benzene rings is 1. The summed E-state index contributed by atoms with van der Waals surface area (Å²) < 4.78 is 22.6. The van der Waals surface area contributed by atoms with E-state index in [-0.39, 0.29) is 25.6 Å². The van der Waals surface area contributed by atoms with Crippen LogP contribution in [0.1, 0.15) is 0 Å². The number of hydrogen-bond donors (Lipinski definition) is 1. The van der Waals surface area contributed by atoms with Gasteiger partial charge in [0.2, 0.25) is 0 Å². The van der Waals surface area contributed by atoms with Gasteiger partial charge in [-0.3, -0.25) is 0 Å². The van der Waals surface area contributed by atoms with Crippen LogP contribution in [0.15, 0.2) is 53.2 Å². The molecule has 0 saturated heterocycles. The average molecular weight is 285 g/mol. The van der Waals surface area contributed by atoms with Crippen molar-refractivity contribution in [1.82, 2.24) is 4.98 Å². The van der Waals surface area contributed by atoms with Gasteiger partial charge in [-0.15, -0.1) is 12.4 Å². The van der Waals surface area contributed by atoms with Crippen molar-refractivity contribution >= 4 is 12.4 Å². The van der Waals surface area contributed by atoms with Gasteiger partial charge in [0, 0.05) is 17.7 Å². The van der Waals surface area contributed by atoms with E-state index in [0.717, 1.165) is 11.3 Å². The molecule has 0 unspecified atom stereocenters. The Kier molecular flexibility index (Phi) is 6.05. The standard InChI is InChI=1S/C13H13FN2O2.ClH/c14-5-10(6-15)7-18-12-3-1-11(2-4-12)13-8-17-9-16-13;/h1-5,8-9H,6-7,15H2;1H/b10-5+;. The van der Waals surface area contributed by atoms with Crippen LogP contribution in [-0.4, -0.2) is 18.1 Å². The number of nitrogens with two attached hydrogens (primary N) is 1. The SMILES string of the molecule is Cl.NC/C(=C\F)COc1ccc(-c2cocn2)cc1. The fourth-order valence-corrected chi connectivity index (χ4v) is 1.39. The topological polar surface area (TPSA) is 61.3 Å². The lowest BCUT2D eigenvalue weighted by molar-refractivity contribution is 0.347. The molecule has 0 bridgehead atoms. The zero-order valence-electron chi connectivity index (χ0n) is 10.1. The van der Waals surface area contributed by atoms with Gasteiger partial charge in [0.15, 0.2) is 6.39 Å². The van der Waals surface area contributed by atoms with Crippen molar-refractivity contribution in [1.29, 1.82) is 0 Å². The first-order chi connectivity index (χ1) is 8.83. The molecule has 1 heterocycles. The van der Waals surface area contributed by atoms with Crippen molar-refractivity contribution < 1.29 is 13.5 Å². The van der Waals surface area contributed by atoms with E-state index in [1.165, 1.54) is 6.39 Å². The maximum Gasteiger partial charge on any atom is 0.181 e. The Morgan fingerprint density at radius 1 is 1.37 bits per heavy atom. The largest absolute Gasteiger partial charge is 0.489 e. The molecule has 1 aromatic heterocycles. The van der Waals surface area contributed by atoms with Gasteiger partial charge in [-0.1, -0.05) is 0 Å². The Hall–Kier alpha value is -1.85. The number of ether oxygens (including phenoxy) is 1. The minimum Gasteiger partial charge on any atom is -0.489 e. The maximum absolute atomic E-state index is 12.3. The van der Waals surface area contributed by atoms with E-state index in [0.29, 0.717) is 17.7 Å². The van der Waals surface area contributed by atoms with Crippen molar-refractivity contribution in [2.24, 2.45) is 5.73 Å². The molecule has 0 amide bonds. The first kappa shape index (κ1) is 15.2. The first-order valence-corrected chi connectivity index (χ1v) is 5.43. The monoisotopic (exact) mass is 284 g/mol. The van der Waals surface area contributed by atoms with Gasteiger partial charge in [0.05, 0.1) is 6.33 Å². The highest BCUT2D eigenvalue weighted by molar-refractivity contribution is 5.85. The molecule has 4 nitrogen and oxygen atoms in total. The summed E-state index contributed by atoms with van der Waals surface area (Å²) in [5, 5.41) is 0. The fourth-order valence-electron chi connectivity index (χ4n) is 1.39. The van der Waals surface area contributed by atoms with Crippen LogP contribution in [0.3, 0.4) is 0 Å². The lowest BCUT2D eigenvalue weighted by atomic mass is 10.2. The third kappa shape index (κ3) is 4.08. The minimum absolute atomic E-state index is 0. The zero-order chi connectivity index (χ0) is 12.8. The summed E-state index contributed by atoms with van der Waals surface area (Å²) in [7, 11) is 0. The highest BCUT2D eigenvalue weighted by Crippen LogP contribution is 2.20. The summed E-state index contributed by atoms with van der Waals surface area (Å²) in [4.78, 5) is 4.03. The first-order valence-electron chi connectivity index (χ1n) is 5.43. The molecular weight excluding hydrogens is 271 g/mol. The van der Waals surface area contributed by atoms with E-state index >= 15 is 0 Å². The van der Waals surface area contributed by atoms with Crippen LogP contribution in [0.25, 0.3) is 11.3 Å². The van der Waals surface area contributed by atoms with Crippen molar-refractivity contribution in [3.05, 3.63) is 48.8 Å². The molecule has 2 rings (SSSR count). The number of aromatic nitrogens is 1. The Bertz CT molecular complexity index is 512. The van der Waals surface area contributed by atoms with Crippen LogP contribution in [0.5, 0.6) is 5.75 Å². The minimum atomic E-state index is 0. The Morgan fingerprint density at radius 3 is 2.63 bits per heavy atom. The fraction of sp³-hybridized carbons (Fsp3) is 0.154. The van der Waals surface area contributed by atoms with Crippen LogP contribution in [0.4, 0.5) is 4.39 Å². The zero-order valence-corrected chi connectivity index (χ0v) is 10.9. The van der Waals surface area contributed by atoms with Gasteiger partial charge < -0.3 is 14.9 Å². The van der Waals surface area contributed by atoms with E-state index in [2.05, 4.69) is 4.98 Å². The molecule has 2 N–H and O–H groups in total. The molecule has 0 radical (unpaired) electrons. The van der Waals surface area contributed by atoms with Crippen molar-refractivity contribution in [3.63, 3.8) is 0 Å². The Labute approximate surface area is 116 Å². The van der Waals surface area contributed by atoms with Gasteiger partial charge in [-0.25, -0.2) is 9.37 Å². The van der Waals surface area contributed by atoms with Crippen LogP contribution in [-0.2, 0) is 0 Å². The molecule has 2 aromatic rings. The number of rotatable bonds is 5. The summed E-state index contributed by atoms with van der Waals surface area (Å²) in [5.74, 6) is 0.648. The number of oxazole rings is 1. The van der Waals surface area contributed by atoms with Gasteiger partial charge in [-0.05, 0) is 24.3 Å². The predicted molar refractivity (Wildman–Crippen MR) is 72.9 cm³/mol. The van der Waals surface area contributed by atoms with Gasteiger partial charge >= 0.3 is 0 Å². The smallest absolute Gasteiger partial charge is 0.181 e. The summed E-state index contributed by atoms with van der Waals surface area (Å²) in [6.07, 6.45) is 3.41. The molecule has 0 aliphatic heterocycles. The van der Waals surface area contributed by atoms with Crippen molar-refractivity contribution in [2.45, 2.75) is 0 Å². The molecule has 19 heavy (non-hydrogen) atoms. The second-order valence-corrected chi connectivity index (χ2v) is 3.66. The average Bonchev–Trinajstić information content (AvgIpc) is 2.94. The second kappa shape index (κ2) is 7.56. The molecule has 102 valence electrons. The van der Waals surface area contributed by atoms with Crippen molar-refractivity contribution in [3.8, 4) is 17.0 Å². The van der Waals surface area contributed by atoms with Crippen molar-refractivity contribution in [2.75, 3.05) is 13.2 Å². The summed E-state index contributed by atoms with van der Waals surface area (Å²) >= 11 is 0. The molecule has 0 fully saturated rings. The third-order valence-corrected chi connectivity index (χ3v) is 2.42. The van der Waals surface area contributed by atoms with E-state index in [1.54, 1.807) is 18.4 Å². The molecule has 6 heteroatoms. The maximum atomic E-state index is 12.3.